The van der Waals surface area contributed by atoms with Gasteiger partial charge in [0.05, 0.1) is 11.4 Å². The number of nitrogens with zero attached hydrogens (tertiary/aromatic N) is 2. The lowest BCUT2D eigenvalue weighted by Crippen LogP contribution is -2.21. The first-order valence-electron chi connectivity index (χ1n) is 8.02. The molecule has 1 atom stereocenters. The normalized spacial score (nSPS) is 12.6. The predicted molar refractivity (Wildman–Crippen MR) is 89.0 cm³/mol. The second-order valence-corrected chi connectivity index (χ2v) is 5.74. The number of nitrogens with two attached hydrogens (primary N) is 1. The fraction of sp³-hybridized carbons (Fsp3) is 0.500. The van der Waals surface area contributed by atoms with Crippen LogP contribution in [0.25, 0.3) is 5.69 Å². The van der Waals surface area contributed by atoms with Crippen LogP contribution >= 0.6 is 0 Å². The minimum absolute atomic E-state index is 0.248. The third-order valence-corrected chi connectivity index (χ3v) is 4.07. The Balaban J connectivity index is 2.34. The molecule has 0 fully saturated rings. The van der Waals surface area contributed by atoms with Gasteiger partial charge in [0.25, 0.3) is 0 Å². The third-order valence-electron chi connectivity index (χ3n) is 4.07. The van der Waals surface area contributed by atoms with Gasteiger partial charge in [-0.3, -0.25) is 0 Å². The van der Waals surface area contributed by atoms with Crippen molar-refractivity contribution in [3.05, 3.63) is 46.8 Å². The number of rotatable bonds is 6. The zero-order valence-corrected chi connectivity index (χ0v) is 13.7. The van der Waals surface area contributed by atoms with Crippen LogP contribution in [0.1, 0.15) is 49.7 Å². The minimum atomic E-state index is 0.248. The summed E-state index contributed by atoms with van der Waals surface area (Å²) < 4.78 is 2.09. The summed E-state index contributed by atoms with van der Waals surface area (Å²) in [5, 5.41) is 4.73. The Kier molecular flexibility index (Phi) is 5.18. The smallest absolute Gasteiger partial charge is 0.0678 e. The lowest BCUT2D eigenvalue weighted by Gasteiger charge is -2.13. The molecule has 0 aliphatic carbocycles. The summed E-state index contributed by atoms with van der Waals surface area (Å²) in [6.07, 6.45) is 3.93. The molecule has 1 aromatic heterocycles. The second kappa shape index (κ2) is 6.90. The maximum atomic E-state index is 6.05. The van der Waals surface area contributed by atoms with Crippen molar-refractivity contribution in [2.24, 2.45) is 5.73 Å². The van der Waals surface area contributed by atoms with Gasteiger partial charge in [0.1, 0.15) is 0 Å². The van der Waals surface area contributed by atoms with Gasteiger partial charge in [0, 0.05) is 11.7 Å². The highest BCUT2D eigenvalue weighted by atomic mass is 15.3. The lowest BCUT2D eigenvalue weighted by molar-refractivity contribution is 0.646. The van der Waals surface area contributed by atoms with E-state index >= 15 is 0 Å². The fourth-order valence-corrected chi connectivity index (χ4v) is 2.64. The van der Waals surface area contributed by atoms with E-state index < -0.39 is 0 Å². The van der Waals surface area contributed by atoms with Crippen LogP contribution in [0.2, 0.25) is 0 Å². The molecule has 2 N–H and O–H groups in total. The van der Waals surface area contributed by atoms with Crippen molar-refractivity contribution in [2.45, 2.75) is 59.4 Å². The molecule has 3 nitrogen and oxygen atoms in total. The van der Waals surface area contributed by atoms with E-state index in [0.717, 1.165) is 31.4 Å². The minimum Gasteiger partial charge on any atom is -0.327 e. The molecule has 0 bridgehead atoms. The topological polar surface area (TPSA) is 43.8 Å². The molecule has 0 spiro atoms. The predicted octanol–water partition coefficient (Wildman–Crippen LogP) is 3.59. The van der Waals surface area contributed by atoms with Crippen molar-refractivity contribution >= 4 is 0 Å². The highest BCUT2D eigenvalue weighted by molar-refractivity contribution is 5.44. The summed E-state index contributed by atoms with van der Waals surface area (Å²) in [7, 11) is 0. The fourth-order valence-electron chi connectivity index (χ4n) is 2.64. The zero-order valence-electron chi connectivity index (χ0n) is 13.7. The van der Waals surface area contributed by atoms with Crippen LogP contribution in [0.4, 0.5) is 0 Å². The van der Waals surface area contributed by atoms with Crippen LogP contribution in [0.3, 0.4) is 0 Å². The Morgan fingerprint density at radius 2 is 1.90 bits per heavy atom. The molecule has 114 valence electrons. The van der Waals surface area contributed by atoms with Gasteiger partial charge in [-0.15, -0.1) is 0 Å². The number of hydrogen-bond acceptors (Lipinski definition) is 2. The Morgan fingerprint density at radius 1 is 1.14 bits per heavy atom. The SMILES string of the molecule is CCc1cc(CC)n(-c2ccc(CC(N)CC)cc2C)n1. The summed E-state index contributed by atoms with van der Waals surface area (Å²) in [6, 6.07) is 9.07. The Hall–Kier alpha value is -1.61. The first-order valence-corrected chi connectivity index (χ1v) is 8.02. The molecule has 0 radical (unpaired) electrons. The quantitative estimate of drug-likeness (QED) is 0.881. The number of aromatic nitrogens is 2. The second-order valence-electron chi connectivity index (χ2n) is 5.74. The molecular formula is C18H27N3. The lowest BCUT2D eigenvalue weighted by atomic mass is 10.0. The van der Waals surface area contributed by atoms with Gasteiger partial charge in [-0.25, -0.2) is 4.68 Å². The van der Waals surface area contributed by atoms with Gasteiger partial charge in [0.2, 0.25) is 0 Å². The number of hydrogen-bond donors (Lipinski definition) is 1. The van der Waals surface area contributed by atoms with Crippen LogP contribution in [0.5, 0.6) is 0 Å². The molecular weight excluding hydrogens is 258 g/mol. The highest BCUT2D eigenvalue weighted by Crippen LogP contribution is 2.20. The maximum Gasteiger partial charge on any atom is 0.0678 e. The highest BCUT2D eigenvalue weighted by Gasteiger charge is 2.10. The molecule has 0 aliphatic rings. The van der Waals surface area contributed by atoms with Crippen LogP contribution in [-0.2, 0) is 19.3 Å². The first-order chi connectivity index (χ1) is 10.1. The average Bonchev–Trinajstić information content (AvgIpc) is 2.90. The summed E-state index contributed by atoms with van der Waals surface area (Å²) in [4.78, 5) is 0. The molecule has 1 aromatic carbocycles. The molecule has 0 aliphatic heterocycles. The molecule has 0 saturated carbocycles. The standard InChI is InChI=1S/C18H27N3/c1-5-15(19)11-14-8-9-18(13(4)10-14)21-17(7-3)12-16(6-2)20-21/h8-10,12,15H,5-7,11,19H2,1-4H3. The van der Waals surface area contributed by atoms with E-state index in [1.54, 1.807) is 0 Å². The van der Waals surface area contributed by atoms with E-state index in [0.29, 0.717) is 0 Å². The summed E-state index contributed by atoms with van der Waals surface area (Å²) >= 11 is 0. The van der Waals surface area contributed by atoms with Crippen molar-refractivity contribution in [3.63, 3.8) is 0 Å². The average molecular weight is 285 g/mol. The summed E-state index contributed by atoms with van der Waals surface area (Å²) in [5.74, 6) is 0. The summed E-state index contributed by atoms with van der Waals surface area (Å²) in [5.41, 5.74) is 12.2. The van der Waals surface area contributed by atoms with Gasteiger partial charge < -0.3 is 5.73 Å². The molecule has 21 heavy (non-hydrogen) atoms. The molecule has 2 rings (SSSR count). The van der Waals surface area contributed by atoms with Crippen molar-refractivity contribution in [3.8, 4) is 5.69 Å². The maximum absolute atomic E-state index is 6.05. The Morgan fingerprint density at radius 3 is 2.48 bits per heavy atom. The van der Waals surface area contributed by atoms with Gasteiger partial charge in [-0.2, -0.15) is 5.10 Å². The van der Waals surface area contributed by atoms with Crippen LogP contribution in [0.15, 0.2) is 24.3 Å². The van der Waals surface area contributed by atoms with Crippen LogP contribution < -0.4 is 5.73 Å². The van der Waals surface area contributed by atoms with E-state index in [2.05, 4.69) is 56.6 Å². The van der Waals surface area contributed by atoms with Crippen LogP contribution in [-0.4, -0.2) is 15.8 Å². The van der Waals surface area contributed by atoms with Crippen LogP contribution in [0, 0.1) is 6.92 Å². The van der Waals surface area contributed by atoms with E-state index in [-0.39, 0.29) is 6.04 Å². The van der Waals surface area contributed by atoms with E-state index in [4.69, 9.17) is 10.8 Å². The van der Waals surface area contributed by atoms with E-state index in [9.17, 15) is 0 Å². The Labute approximate surface area is 128 Å². The van der Waals surface area contributed by atoms with Crippen molar-refractivity contribution in [1.29, 1.82) is 0 Å². The van der Waals surface area contributed by atoms with Gasteiger partial charge in [-0.05, 0) is 55.9 Å². The van der Waals surface area contributed by atoms with Crippen molar-refractivity contribution in [2.75, 3.05) is 0 Å². The van der Waals surface area contributed by atoms with Gasteiger partial charge in [-0.1, -0.05) is 32.9 Å². The number of aryl methyl sites for hydroxylation is 3. The third kappa shape index (κ3) is 3.53. The van der Waals surface area contributed by atoms with Gasteiger partial charge in [0.15, 0.2) is 0 Å². The monoisotopic (exact) mass is 285 g/mol. The first kappa shape index (κ1) is 15.8. The Bertz CT molecular complexity index is 599. The van der Waals surface area contributed by atoms with E-state index in [1.807, 2.05) is 0 Å². The van der Waals surface area contributed by atoms with Crippen molar-refractivity contribution in [1.82, 2.24) is 9.78 Å². The largest absolute Gasteiger partial charge is 0.327 e. The van der Waals surface area contributed by atoms with Crippen molar-refractivity contribution < 1.29 is 0 Å². The molecule has 0 saturated heterocycles. The summed E-state index contributed by atoms with van der Waals surface area (Å²) in [6.45, 7) is 8.61. The zero-order chi connectivity index (χ0) is 15.4. The van der Waals surface area contributed by atoms with E-state index in [1.165, 1.54) is 22.5 Å². The molecule has 1 unspecified atom stereocenters. The molecule has 3 heteroatoms. The van der Waals surface area contributed by atoms with Gasteiger partial charge >= 0.3 is 0 Å². The number of benzene rings is 1. The molecule has 1 heterocycles. The molecule has 2 aromatic rings. The molecule has 0 amide bonds.